The SMILES string of the molecule is COC(=O)CS(=O)(=O)c1cccc(B2OC(C)(C)C(C)(C)O2)c1.Cc1ccc2ccccc2c1C(=O)N(Cc1ccc(C(F)(F)F)o1)Cc1ccc(Br)cc1Cl. The third kappa shape index (κ3) is 9.86. The molecule has 296 valence electrons. The minimum absolute atomic E-state index is 0.0294. The fraction of sp³-hybridized carbons (Fsp3) is 0.300. The molecule has 0 unspecified atom stereocenters. The lowest BCUT2D eigenvalue weighted by atomic mass is 9.79. The number of esters is 1. The number of aryl methyl sites for hydroxylation is 1. The summed E-state index contributed by atoms with van der Waals surface area (Å²) < 4.78 is 85.6. The van der Waals surface area contributed by atoms with E-state index in [0.717, 1.165) is 34.0 Å². The number of methoxy groups -OCH3 is 1. The van der Waals surface area contributed by atoms with Crippen LogP contribution in [0.3, 0.4) is 0 Å². The molecule has 1 fully saturated rings. The van der Waals surface area contributed by atoms with Crippen LogP contribution in [0.2, 0.25) is 5.02 Å². The van der Waals surface area contributed by atoms with E-state index < -0.39 is 51.8 Å². The van der Waals surface area contributed by atoms with Crippen LogP contribution in [0.1, 0.15) is 60.7 Å². The number of sulfone groups is 1. The zero-order valence-corrected chi connectivity index (χ0v) is 34.5. The highest BCUT2D eigenvalue weighted by Crippen LogP contribution is 2.37. The molecule has 5 aromatic rings. The first-order valence-electron chi connectivity index (χ1n) is 17.2. The molecule has 1 amide bonds. The maximum Gasteiger partial charge on any atom is 0.494 e. The van der Waals surface area contributed by atoms with Gasteiger partial charge in [0.15, 0.2) is 15.6 Å². The van der Waals surface area contributed by atoms with Gasteiger partial charge in [0.2, 0.25) is 5.76 Å². The number of alkyl halides is 3. The van der Waals surface area contributed by atoms with Crippen LogP contribution in [0.15, 0.2) is 105 Å². The maximum absolute atomic E-state index is 13.8. The van der Waals surface area contributed by atoms with E-state index in [1.165, 1.54) is 23.1 Å². The lowest BCUT2D eigenvalue weighted by molar-refractivity contribution is -0.153. The molecule has 0 spiro atoms. The summed E-state index contributed by atoms with van der Waals surface area (Å²) in [6.45, 7) is 9.46. The summed E-state index contributed by atoms with van der Waals surface area (Å²) >= 11 is 9.73. The Bertz CT molecular complexity index is 2350. The third-order valence-electron chi connectivity index (χ3n) is 9.58. The molecule has 16 heteroatoms. The fourth-order valence-corrected chi connectivity index (χ4v) is 7.74. The minimum Gasteiger partial charge on any atom is -0.468 e. The van der Waals surface area contributed by atoms with Crippen molar-refractivity contribution >= 4 is 72.6 Å². The molecular weight excluding hydrogens is 838 g/mol. The third-order valence-corrected chi connectivity index (χ3v) is 12.0. The lowest BCUT2D eigenvalue weighted by Gasteiger charge is -2.32. The highest BCUT2D eigenvalue weighted by molar-refractivity contribution is 9.10. The summed E-state index contributed by atoms with van der Waals surface area (Å²) in [7, 11) is -3.27. The number of nitrogens with zero attached hydrogens (tertiary/aromatic N) is 1. The monoisotopic (exact) mass is 875 g/mol. The summed E-state index contributed by atoms with van der Waals surface area (Å²) in [5.41, 5.74) is 1.48. The second-order valence-electron chi connectivity index (χ2n) is 14.1. The number of halogens is 5. The van der Waals surface area contributed by atoms with Crippen LogP contribution in [0, 0.1) is 6.92 Å². The average molecular weight is 877 g/mol. The van der Waals surface area contributed by atoms with Crippen molar-refractivity contribution in [2.24, 2.45) is 0 Å². The molecule has 4 aromatic carbocycles. The molecule has 0 saturated carbocycles. The summed E-state index contributed by atoms with van der Waals surface area (Å²) in [5.74, 6) is -2.90. The van der Waals surface area contributed by atoms with Crippen LogP contribution in [0.5, 0.6) is 0 Å². The van der Waals surface area contributed by atoms with Gasteiger partial charge in [-0.1, -0.05) is 82.1 Å². The van der Waals surface area contributed by atoms with Crippen molar-refractivity contribution in [1.82, 2.24) is 4.90 Å². The van der Waals surface area contributed by atoms with E-state index in [0.29, 0.717) is 21.6 Å². The number of carbonyl (C=O) groups is 2. The zero-order valence-electron chi connectivity index (χ0n) is 31.4. The van der Waals surface area contributed by atoms with Gasteiger partial charge in [-0.15, -0.1) is 0 Å². The van der Waals surface area contributed by atoms with E-state index in [4.69, 9.17) is 25.3 Å². The minimum atomic E-state index is -4.60. The van der Waals surface area contributed by atoms with E-state index in [2.05, 4.69) is 20.7 Å². The molecule has 0 atom stereocenters. The van der Waals surface area contributed by atoms with Gasteiger partial charge < -0.3 is 23.4 Å². The van der Waals surface area contributed by atoms with Crippen LogP contribution in [0.25, 0.3) is 10.8 Å². The van der Waals surface area contributed by atoms with Crippen LogP contribution < -0.4 is 5.46 Å². The van der Waals surface area contributed by atoms with E-state index in [9.17, 15) is 31.2 Å². The van der Waals surface area contributed by atoms with E-state index in [-0.39, 0.29) is 29.7 Å². The van der Waals surface area contributed by atoms with Crippen LogP contribution in [-0.2, 0) is 47.9 Å². The van der Waals surface area contributed by atoms with Gasteiger partial charge in [-0.3, -0.25) is 9.59 Å². The number of hydrogen-bond donors (Lipinski definition) is 0. The second-order valence-corrected chi connectivity index (χ2v) is 17.4. The first kappa shape index (κ1) is 43.0. The van der Waals surface area contributed by atoms with Crippen molar-refractivity contribution in [3.8, 4) is 0 Å². The number of benzene rings is 4. The molecule has 9 nitrogen and oxygen atoms in total. The van der Waals surface area contributed by atoms with E-state index in [1.54, 1.807) is 30.3 Å². The summed E-state index contributed by atoms with van der Waals surface area (Å²) in [5, 5.41) is 2.10. The molecule has 1 aliphatic rings. The highest BCUT2D eigenvalue weighted by Gasteiger charge is 2.51. The Morgan fingerprint density at radius 3 is 2.20 bits per heavy atom. The molecule has 1 aromatic heterocycles. The number of fused-ring (bicyclic) bond motifs is 1. The van der Waals surface area contributed by atoms with Crippen molar-refractivity contribution in [3.63, 3.8) is 0 Å². The van der Waals surface area contributed by atoms with Gasteiger partial charge in [-0.2, -0.15) is 13.2 Å². The van der Waals surface area contributed by atoms with E-state index >= 15 is 0 Å². The molecule has 0 bridgehead atoms. The molecular formula is C40H39BBrClF3NO8S. The first-order valence-corrected chi connectivity index (χ1v) is 20.1. The number of hydrogen-bond acceptors (Lipinski definition) is 8. The fourth-order valence-electron chi connectivity index (χ4n) is 5.81. The van der Waals surface area contributed by atoms with Crippen molar-refractivity contribution in [2.45, 2.75) is 70.0 Å². The van der Waals surface area contributed by atoms with Crippen molar-refractivity contribution in [1.29, 1.82) is 0 Å². The Kier molecular flexibility index (Phi) is 12.9. The van der Waals surface area contributed by atoms with Gasteiger partial charge in [0, 0.05) is 16.0 Å². The van der Waals surface area contributed by atoms with Gasteiger partial charge in [0.1, 0.15) is 5.76 Å². The van der Waals surface area contributed by atoms with Gasteiger partial charge in [-0.05, 0) is 98.4 Å². The predicted octanol–water partition coefficient (Wildman–Crippen LogP) is 8.95. The molecule has 0 radical (unpaired) electrons. The Morgan fingerprint density at radius 2 is 1.57 bits per heavy atom. The van der Waals surface area contributed by atoms with Crippen LogP contribution >= 0.6 is 27.5 Å². The zero-order chi connectivity index (χ0) is 41.2. The average Bonchev–Trinajstić information content (AvgIpc) is 3.69. The molecule has 1 saturated heterocycles. The molecule has 6 rings (SSSR count). The molecule has 2 heterocycles. The topological polar surface area (TPSA) is 112 Å². The quantitative estimate of drug-likeness (QED) is 0.107. The molecule has 1 aliphatic heterocycles. The summed E-state index contributed by atoms with van der Waals surface area (Å²) in [4.78, 5) is 26.5. The van der Waals surface area contributed by atoms with Crippen molar-refractivity contribution < 1.29 is 49.6 Å². The normalized spacial score (nSPS) is 14.9. The van der Waals surface area contributed by atoms with Gasteiger partial charge in [-0.25, -0.2) is 8.42 Å². The van der Waals surface area contributed by atoms with Crippen molar-refractivity contribution in [3.05, 3.63) is 129 Å². The number of ether oxygens (including phenoxy) is 1. The number of amides is 1. The second kappa shape index (κ2) is 16.8. The Hall–Kier alpha value is -4.15. The summed E-state index contributed by atoms with van der Waals surface area (Å²) in [6.07, 6.45) is -4.60. The lowest BCUT2D eigenvalue weighted by Crippen LogP contribution is -2.41. The maximum atomic E-state index is 13.8. The Labute approximate surface area is 337 Å². The standard InChI is InChI=1S/C25H18BrClF3NO2.C15H21BO6S/c1-15-6-7-16-4-2-3-5-20(16)23(15)24(32)31(13-17-8-9-18(26)12-21(17)27)14-19-10-11-22(33-19)25(28,29)30;1-14(2)15(3,4)22-16(21-14)11-7-6-8-12(9-11)23(18,19)10-13(17)20-5/h2-12H,13-14H2,1H3;6-9H,10H2,1-5H3. The predicted molar refractivity (Wildman–Crippen MR) is 211 cm³/mol. The largest absolute Gasteiger partial charge is 0.494 e. The van der Waals surface area contributed by atoms with Gasteiger partial charge in [0.25, 0.3) is 5.91 Å². The number of rotatable bonds is 9. The molecule has 56 heavy (non-hydrogen) atoms. The van der Waals surface area contributed by atoms with Gasteiger partial charge >= 0.3 is 19.3 Å². The number of furan rings is 1. The Morgan fingerprint density at radius 1 is 0.893 bits per heavy atom. The smallest absolute Gasteiger partial charge is 0.468 e. The van der Waals surface area contributed by atoms with Crippen molar-refractivity contribution in [2.75, 3.05) is 12.9 Å². The van der Waals surface area contributed by atoms with Crippen LogP contribution in [0.4, 0.5) is 13.2 Å². The number of carbonyl (C=O) groups excluding carboxylic acids is 2. The molecule has 0 aliphatic carbocycles. The highest BCUT2D eigenvalue weighted by atomic mass is 79.9. The van der Waals surface area contributed by atoms with Gasteiger partial charge in [0.05, 0.1) is 35.3 Å². The molecule has 0 N–H and O–H groups in total. The first-order chi connectivity index (χ1) is 26.1. The van der Waals surface area contributed by atoms with E-state index in [1.807, 2.05) is 71.0 Å². The summed E-state index contributed by atoms with van der Waals surface area (Å²) in [6, 6.07) is 24.9. The van der Waals surface area contributed by atoms with Crippen LogP contribution in [-0.4, -0.2) is 56.4 Å². The Balaban J connectivity index is 0.000000229.